The summed E-state index contributed by atoms with van der Waals surface area (Å²) in [6, 6.07) is 14.5. The Kier molecular flexibility index (Phi) is 14.8. The van der Waals surface area contributed by atoms with Gasteiger partial charge in [-0.25, -0.2) is 9.59 Å². The first-order valence-electron chi connectivity index (χ1n) is 12.7. The minimum atomic E-state index is -0.440. The Bertz CT molecular complexity index is 1220. The molecule has 0 aliphatic carbocycles. The number of hydrogen-bond donors (Lipinski definition) is 0. The van der Waals surface area contributed by atoms with Crippen LogP contribution in [0.1, 0.15) is 30.5 Å². The third-order valence-corrected chi connectivity index (χ3v) is 8.99. The molecule has 0 saturated heterocycles. The fourth-order valence-corrected chi connectivity index (χ4v) is 6.03. The zero-order valence-electron chi connectivity index (χ0n) is 22.6. The highest BCUT2D eigenvalue weighted by molar-refractivity contribution is 8.14. The lowest BCUT2D eigenvalue weighted by Crippen LogP contribution is -2.22. The Hall–Kier alpha value is -3.00. The summed E-state index contributed by atoms with van der Waals surface area (Å²) < 4.78 is 22.5. The summed E-state index contributed by atoms with van der Waals surface area (Å²) >= 11 is 4.59. The molecule has 0 aliphatic rings. The summed E-state index contributed by atoms with van der Waals surface area (Å²) in [6.07, 6.45) is 2.43. The number of rotatable bonds is 18. The maximum atomic E-state index is 12.2. The van der Waals surface area contributed by atoms with E-state index in [4.69, 9.17) is 18.9 Å². The van der Waals surface area contributed by atoms with Crippen LogP contribution in [-0.2, 0) is 41.8 Å². The number of thioether (sulfide) groups is 2. The van der Waals surface area contributed by atoms with Gasteiger partial charge in [-0.15, -0.1) is 22.7 Å². The Morgan fingerprint density at radius 3 is 1.52 bits per heavy atom. The van der Waals surface area contributed by atoms with E-state index in [1.807, 2.05) is 24.3 Å². The van der Waals surface area contributed by atoms with Gasteiger partial charge in [-0.05, 0) is 46.2 Å². The van der Waals surface area contributed by atoms with Crippen molar-refractivity contribution in [2.75, 3.05) is 26.4 Å². The van der Waals surface area contributed by atoms with Crippen LogP contribution in [0, 0.1) is 0 Å². The summed E-state index contributed by atoms with van der Waals surface area (Å²) in [5.74, 6) is -0.881. The molecule has 8 nitrogen and oxygen atoms in total. The molecule has 3 rings (SSSR count). The quantitative estimate of drug-likeness (QED) is 0.117. The van der Waals surface area contributed by atoms with Crippen molar-refractivity contribution in [3.05, 3.63) is 105 Å². The summed E-state index contributed by atoms with van der Waals surface area (Å²) in [6.45, 7) is 7.95. The molecule has 0 radical (unpaired) electrons. The molecule has 0 amide bonds. The van der Waals surface area contributed by atoms with Crippen molar-refractivity contribution in [3.63, 3.8) is 0 Å². The van der Waals surface area contributed by atoms with Crippen LogP contribution in [0.5, 0.6) is 0 Å². The Labute approximate surface area is 261 Å². The van der Waals surface area contributed by atoms with E-state index in [-0.39, 0.29) is 49.9 Å². The maximum Gasteiger partial charge on any atom is 0.348 e. The molecular weight excluding hydrogens is 617 g/mol. The van der Waals surface area contributed by atoms with Crippen molar-refractivity contribution >= 4 is 68.4 Å². The number of thiophene rings is 2. The molecule has 2 atom stereocenters. The number of hydrogen-bond acceptors (Lipinski definition) is 12. The van der Waals surface area contributed by atoms with Gasteiger partial charge >= 0.3 is 11.9 Å². The Morgan fingerprint density at radius 1 is 0.690 bits per heavy atom. The number of carbonyl (C=O) groups is 4. The van der Waals surface area contributed by atoms with Gasteiger partial charge in [-0.3, -0.25) is 9.59 Å². The normalized spacial score (nSPS) is 12.2. The van der Waals surface area contributed by atoms with Crippen molar-refractivity contribution in [2.45, 2.75) is 23.7 Å². The van der Waals surface area contributed by atoms with Gasteiger partial charge < -0.3 is 18.9 Å². The maximum absolute atomic E-state index is 12.2. The number of esters is 2. The van der Waals surface area contributed by atoms with E-state index in [1.54, 1.807) is 35.0 Å². The second kappa shape index (κ2) is 18.5. The number of benzene rings is 1. The first kappa shape index (κ1) is 33.5. The monoisotopic (exact) mass is 646 g/mol. The van der Waals surface area contributed by atoms with Crippen LogP contribution in [0.3, 0.4) is 0 Å². The lowest BCUT2D eigenvalue weighted by atomic mass is 10.1. The molecule has 0 aliphatic heterocycles. The van der Waals surface area contributed by atoms with Gasteiger partial charge in [0.1, 0.15) is 23.0 Å². The average molecular weight is 647 g/mol. The van der Waals surface area contributed by atoms with E-state index in [9.17, 15) is 19.2 Å². The van der Waals surface area contributed by atoms with E-state index >= 15 is 0 Å². The van der Waals surface area contributed by atoms with Crippen molar-refractivity contribution in [1.82, 2.24) is 0 Å². The summed E-state index contributed by atoms with van der Waals surface area (Å²) in [7, 11) is 0. The van der Waals surface area contributed by atoms with Crippen LogP contribution in [0.2, 0.25) is 0 Å². The van der Waals surface area contributed by atoms with Crippen molar-refractivity contribution in [3.8, 4) is 0 Å². The van der Waals surface area contributed by atoms with E-state index in [1.165, 1.54) is 34.8 Å². The van der Waals surface area contributed by atoms with Crippen LogP contribution < -0.4 is 0 Å². The fourth-order valence-electron chi connectivity index (χ4n) is 3.35. The standard InChI is InChI=1S/C30H30O8S4/c1-3-27(31)41-23(19-37-29(33)25-10-6-12-39-25)17-35-15-21-8-5-9-22(14-21)16-36-18-24(42-28(32)4-2)20-38-30(34)26-11-7-13-40-26/h3-14,23-24H,1-2,15-20H2. The summed E-state index contributed by atoms with van der Waals surface area (Å²) in [5.41, 5.74) is 1.78. The molecule has 0 fully saturated rings. The minimum Gasteiger partial charge on any atom is -0.460 e. The van der Waals surface area contributed by atoms with Gasteiger partial charge in [-0.2, -0.15) is 0 Å². The highest BCUT2D eigenvalue weighted by atomic mass is 32.2. The molecule has 2 aromatic heterocycles. The average Bonchev–Trinajstić information content (AvgIpc) is 3.74. The highest BCUT2D eigenvalue weighted by Crippen LogP contribution is 2.19. The molecular formula is C30H30O8S4. The number of ether oxygens (including phenoxy) is 4. The van der Waals surface area contributed by atoms with Crippen LogP contribution in [-0.4, -0.2) is 59.1 Å². The first-order chi connectivity index (χ1) is 20.4. The first-order valence-corrected chi connectivity index (χ1v) is 16.2. The van der Waals surface area contributed by atoms with Gasteiger partial charge in [0.05, 0.1) is 36.9 Å². The Morgan fingerprint density at radius 2 is 1.14 bits per heavy atom. The molecule has 0 bridgehead atoms. The zero-order valence-corrected chi connectivity index (χ0v) is 25.9. The molecule has 42 heavy (non-hydrogen) atoms. The van der Waals surface area contributed by atoms with Crippen LogP contribution in [0.25, 0.3) is 0 Å². The van der Waals surface area contributed by atoms with Gasteiger partial charge in [0.25, 0.3) is 0 Å². The molecule has 12 heteroatoms. The Balaban J connectivity index is 1.46. The highest BCUT2D eigenvalue weighted by Gasteiger charge is 2.19. The molecule has 0 spiro atoms. The van der Waals surface area contributed by atoms with Crippen molar-refractivity contribution < 1.29 is 38.1 Å². The van der Waals surface area contributed by atoms with E-state index in [0.29, 0.717) is 9.75 Å². The van der Waals surface area contributed by atoms with Crippen molar-refractivity contribution in [2.24, 2.45) is 0 Å². The topological polar surface area (TPSA) is 105 Å². The van der Waals surface area contributed by atoms with Gasteiger partial charge in [0.2, 0.25) is 10.2 Å². The molecule has 2 unspecified atom stereocenters. The lowest BCUT2D eigenvalue weighted by molar-refractivity contribution is -0.107. The van der Waals surface area contributed by atoms with Gasteiger partial charge in [0.15, 0.2) is 0 Å². The lowest BCUT2D eigenvalue weighted by Gasteiger charge is -2.16. The third-order valence-electron chi connectivity index (χ3n) is 5.28. The number of carbonyl (C=O) groups excluding carboxylic acids is 4. The van der Waals surface area contributed by atoms with E-state index in [2.05, 4.69) is 13.2 Å². The molecule has 2 heterocycles. The molecule has 0 saturated carbocycles. The largest absolute Gasteiger partial charge is 0.460 e. The fraction of sp³-hybridized carbons (Fsp3) is 0.267. The minimum absolute atomic E-state index is 0.0189. The second-order valence-electron chi connectivity index (χ2n) is 8.53. The van der Waals surface area contributed by atoms with Crippen LogP contribution in [0.4, 0.5) is 0 Å². The van der Waals surface area contributed by atoms with E-state index in [0.717, 1.165) is 34.7 Å². The molecule has 222 valence electrons. The molecule has 1 aromatic carbocycles. The molecule has 3 aromatic rings. The van der Waals surface area contributed by atoms with Gasteiger partial charge in [-0.1, -0.05) is 73.1 Å². The summed E-state index contributed by atoms with van der Waals surface area (Å²) in [5, 5.41) is 2.32. The SMILES string of the molecule is C=CC(=O)SC(COCc1cccc(COCC(COC(=O)c2cccs2)SC(=O)C=C)c1)COC(=O)c1cccs1. The van der Waals surface area contributed by atoms with Crippen LogP contribution in [0.15, 0.2) is 84.6 Å². The van der Waals surface area contributed by atoms with Gasteiger partial charge in [0, 0.05) is 0 Å². The smallest absolute Gasteiger partial charge is 0.348 e. The predicted octanol–water partition coefficient (Wildman–Crippen LogP) is 6.19. The zero-order chi connectivity index (χ0) is 30.2. The van der Waals surface area contributed by atoms with Crippen LogP contribution >= 0.6 is 46.2 Å². The molecule has 0 N–H and O–H groups in total. The van der Waals surface area contributed by atoms with Crippen molar-refractivity contribution in [1.29, 1.82) is 0 Å². The second-order valence-corrected chi connectivity index (χ2v) is 13.0. The summed E-state index contributed by atoms with van der Waals surface area (Å²) in [4.78, 5) is 49.2. The van der Waals surface area contributed by atoms with E-state index < -0.39 is 22.4 Å². The predicted molar refractivity (Wildman–Crippen MR) is 168 cm³/mol. The third kappa shape index (κ3) is 12.1.